The smallest absolute Gasteiger partial charge is 0.123 e. The van der Waals surface area contributed by atoms with Crippen LogP contribution in [0.5, 0.6) is 0 Å². The number of hydrogen-bond acceptors (Lipinski definition) is 1. The highest BCUT2D eigenvalue weighted by molar-refractivity contribution is 5.19. The molecule has 15 heavy (non-hydrogen) atoms. The van der Waals surface area contributed by atoms with E-state index < -0.39 is 0 Å². The molecule has 0 amide bonds. The Labute approximate surface area is 91.7 Å². The first-order chi connectivity index (χ1) is 7.00. The summed E-state index contributed by atoms with van der Waals surface area (Å²) in [4.78, 5) is 0. The molecular weight excluding hydrogens is 189 g/mol. The van der Waals surface area contributed by atoms with E-state index in [4.69, 9.17) is 0 Å². The molecule has 1 N–H and O–H groups in total. The monoisotopic (exact) mass is 209 g/mol. The van der Waals surface area contributed by atoms with Gasteiger partial charge in [-0.25, -0.2) is 4.39 Å². The molecule has 0 aromatic heterocycles. The van der Waals surface area contributed by atoms with E-state index in [1.165, 1.54) is 6.07 Å². The second-order valence-electron chi connectivity index (χ2n) is 4.48. The van der Waals surface area contributed by atoms with Crippen molar-refractivity contribution in [2.45, 2.75) is 39.8 Å². The molecule has 1 aromatic carbocycles. The van der Waals surface area contributed by atoms with E-state index in [1.54, 1.807) is 12.1 Å². The fourth-order valence-electron chi connectivity index (χ4n) is 1.46. The average Bonchev–Trinajstić information content (AvgIpc) is 2.17. The molecule has 2 unspecified atom stereocenters. The van der Waals surface area contributed by atoms with Gasteiger partial charge in [-0.3, -0.25) is 0 Å². The van der Waals surface area contributed by atoms with Gasteiger partial charge in [0, 0.05) is 12.1 Å². The van der Waals surface area contributed by atoms with Crippen LogP contribution in [0.1, 0.15) is 39.3 Å². The molecule has 0 bridgehead atoms. The summed E-state index contributed by atoms with van der Waals surface area (Å²) in [6.45, 7) is 8.57. The van der Waals surface area contributed by atoms with Gasteiger partial charge in [-0.15, -0.1) is 0 Å². The summed E-state index contributed by atoms with van der Waals surface area (Å²) in [6, 6.07) is 7.39. The van der Waals surface area contributed by atoms with Crippen molar-refractivity contribution in [2.24, 2.45) is 5.92 Å². The molecule has 0 saturated carbocycles. The first kappa shape index (κ1) is 12.2. The molecule has 1 aromatic rings. The summed E-state index contributed by atoms with van der Waals surface area (Å²) in [5.41, 5.74) is 1.00. The minimum Gasteiger partial charge on any atom is -0.307 e. The van der Waals surface area contributed by atoms with Gasteiger partial charge in [-0.1, -0.05) is 26.0 Å². The molecule has 0 fully saturated rings. The van der Waals surface area contributed by atoms with Gasteiger partial charge >= 0.3 is 0 Å². The fourth-order valence-corrected chi connectivity index (χ4v) is 1.46. The normalized spacial score (nSPS) is 15.3. The maximum absolute atomic E-state index is 13.0. The number of benzene rings is 1. The Morgan fingerprint density at radius 1 is 1.13 bits per heavy atom. The lowest BCUT2D eigenvalue weighted by Gasteiger charge is -2.23. The Bertz CT molecular complexity index is 309. The summed E-state index contributed by atoms with van der Waals surface area (Å²) in [5, 5.41) is 3.46. The lowest BCUT2D eigenvalue weighted by atomic mass is 10.0. The van der Waals surface area contributed by atoms with Crippen LogP contribution in [-0.4, -0.2) is 6.04 Å². The van der Waals surface area contributed by atoms with Crippen LogP contribution in [0.2, 0.25) is 0 Å². The molecular formula is C13H20FN. The SMILES string of the molecule is CC(NC(C)C(C)C)c1cccc(F)c1. The van der Waals surface area contributed by atoms with Crippen LogP contribution < -0.4 is 5.32 Å². The fraction of sp³-hybridized carbons (Fsp3) is 0.538. The summed E-state index contributed by atoms with van der Waals surface area (Å²) >= 11 is 0. The van der Waals surface area contributed by atoms with Crippen LogP contribution in [0.4, 0.5) is 4.39 Å². The zero-order valence-electron chi connectivity index (χ0n) is 9.92. The summed E-state index contributed by atoms with van der Waals surface area (Å²) in [5.74, 6) is 0.416. The van der Waals surface area contributed by atoms with Crippen LogP contribution in [-0.2, 0) is 0 Å². The van der Waals surface area contributed by atoms with Crippen LogP contribution in [0.3, 0.4) is 0 Å². The Morgan fingerprint density at radius 3 is 2.33 bits per heavy atom. The molecule has 84 valence electrons. The standard InChI is InChI=1S/C13H20FN/c1-9(2)10(3)15-11(4)12-6-5-7-13(14)8-12/h5-11,15H,1-4H3. The van der Waals surface area contributed by atoms with Gasteiger partial charge in [-0.2, -0.15) is 0 Å². The van der Waals surface area contributed by atoms with Gasteiger partial charge in [0.1, 0.15) is 5.82 Å². The molecule has 0 heterocycles. The summed E-state index contributed by atoms with van der Waals surface area (Å²) in [7, 11) is 0. The Hall–Kier alpha value is -0.890. The lowest BCUT2D eigenvalue weighted by Crippen LogP contribution is -2.33. The van der Waals surface area contributed by atoms with E-state index in [9.17, 15) is 4.39 Å². The largest absolute Gasteiger partial charge is 0.307 e. The van der Waals surface area contributed by atoms with Crippen molar-refractivity contribution in [3.05, 3.63) is 35.6 Å². The van der Waals surface area contributed by atoms with Crippen molar-refractivity contribution in [1.29, 1.82) is 0 Å². The quantitative estimate of drug-likeness (QED) is 0.800. The third-order valence-corrected chi connectivity index (χ3v) is 2.86. The first-order valence-electron chi connectivity index (χ1n) is 5.52. The van der Waals surface area contributed by atoms with E-state index in [2.05, 4.69) is 33.0 Å². The van der Waals surface area contributed by atoms with Crippen LogP contribution in [0, 0.1) is 11.7 Å². The molecule has 2 atom stereocenters. The third kappa shape index (κ3) is 3.63. The van der Waals surface area contributed by atoms with Crippen molar-refractivity contribution in [3.63, 3.8) is 0 Å². The Kier molecular flexibility index (Phi) is 4.28. The second-order valence-corrected chi connectivity index (χ2v) is 4.48. The maximum Gasteiger partial charge on any atom is 0.123 e. The van der Waals surface area contributed by atoms with Crippen molar-refractivity contribution in [1.82, 2.24) is 5.32 Å². The summed E-state index contributed by atoms with van der Waals surface area (Å²) in [6.07, 6.45) is 0. The second kappa shape index (κ2) is 5.26. The van der Waals surface area contributed by atoms with Crippen molar-refractivity contribution < 1.29 is 4.39 Å². The predicted molar refractivity (Wildman–Crippen MR) is 62.3 cm³/mol. The highest BCUT2D eigenvalue weighted by Crippen LogP contribution is 2.15. The Balaban J connectivity index is 2.64. The predicted octanol–water partition coefficient (Wildman–Crippen LogP) is 3.52. The topological polar surface area (TPSA) is 12.0 Å². The summed E-state index contributed by atoms with van der Waals surface area (Å²) < 4.78 is 13.0. The van der Waals surface area contributed by atoms with Crippen LogP contribution in [0.15, 0.2) is 24.3 Å². The molecule has 0 aliphatic rings. The molecule has 0 aliphatic heterocycles. The maximum atomic E-state index is 13.0. The molecule has 0 spiro atoms. The van der Waals surface area contributed by atoms with Gasteiger partial charge in [0.2, 0.25) is 0 Å². The average molecular weight is 209 g/mol. The zero-order valence-corrected chi connectivity index (χ0v) is 9.92. The van der Waals surface area contributed by atoms with Crippen molar-refractivity contribution >= 4 is 0 Å². The van der Waals surface area contributed by atoms with Crippen molar-refractivity contribution in [2.75, 3.05) is 0 Å². The zero-order chi connectivity index (χ0) is 11.4. The van der Waals surface area contributed by atoms with E-state index in [1.807, 2.05) is 6.07 Å². The molecule has 1 rings (SSSR count). The van der Waals surface area contributed by atoms with E-state index in [-0.39, 0.29) is 11.9 Å². The molecule has 2 heteroatoms. The van der Waals surface area contributed by atoms with Gasteiger partial charge in [0.15, 0.2) is 0 Å². The molecule has 0 aliphatic carbocycles. The first-order valence-corrected chi connectivity index (χ1v) is 5.52. The van der Waals surface area contributed by atoms with Crippen molar-refractivity contribution in [3.8, 4) is 0 Å². The van der Waals surface area contributed by atoms with Gasteiger partial charge in [0.05, 0.1) is 0 Å². The van der Waals surface area contributed by atoms with Gasteiger partial charge < -0.3 is 5.32 Å². The molecule has 1 nitrogen and oxygen atoms in total. The van der Waals surface area contributed by atoms with Gasteiger partial charge in [0.25, 0.3) is 0 Å². The van der Waals surface area contributed by atoms with Crippen LogP contribution >= 0.6 is 0 Å². The van der Waals surface area contributed by atoms with E-state index >= 15 is 0 Å². The number of halogens is 1. The van der Waals surface area contributed by atoms with E-state index in [0.29, 0.717) is 12.0 Å². The third-order valence-electron chi connectivity index (χ3n) is 2.86. The van der Waals surface area contributed by atoms with Crippen LogP contribution in [0.25, 0.3) is 0 Å². The number of hydrogen-bond donors (Lipinski definition) is 1. The van der Waals surface area contributed by atoms with Gasteiger partial charge in [-0.05, 0) is 37.5 Å². The Morgan fingerprint density at radius 2 is 1.80 bits per heavy atom. The molecule has 0 radical (unpaired) electrons. The number of rotatable bonds is 4. The highest BCUT2D eigenvalue weighted by atomic mass is 19.1. The minimum atomic E-state index is -0.168. The minimum absolute atomic E-state index is 0.168. The number of nitrogens with one attached hydrogen (secondary N) is 1. The lowest BCUT2D eigenvalue weighted by molar-refractivity contribution is 0.388. The highest BCUT2D eigenvalue weighted by Gasteiger charge is 2.12. The van der Waals surface area contributed by atoms with E-state index in [0.717, 1.165) is 5.56 Å². The molecule has 0 saturated heterocycles.